The summed E-state index contributed by atoms with van der Waals surface area (Å²) in [4.78, 5) is 50.2. The van der Waals surface area contributed by atoms with Gasteiger partial charge in [-0.3, -0.25) is 0 Å². The maximum Gasteiger partial charge on any atom is 0.343 e. The van der Waals surface area contributed by atoms with Gasteiger partial charge >= 0.3 is 11.3 Å². The van der Waals surface area contributed by atoms with Crippen molar-refractivity contribution < 1.29 is 13.2 Å². The van der Waals surface area contributed by atoms with Crippen molar-refractivity contribution in [3.63, 3.8) is 0 Å². The number of aromatic nitrogens is 8. The second-order valence-corrected chi connectivity index (χ2v) is 13.4. The molecule has 0 bridgehead atoms. The Morgan fingerprint density at radius 3 is 1.64 bits per heavy atom. The number of hydrogen-bond acceptors (Lipinski definition) is 12. The molecule has 14 nitrogen and oxygen atoms in total. The fraction of sp³-hybridized carbons (Fsp3) is 0.0698. The highest BCUT2D eigenvalue weighted by atomic mass is 19.1. The van der Waals surface area contributed by atoms with Gasteiger partial charge in [0.2, 0.25) is 0 Å². The number of nitrogens with two attached hydrogens (primary N) is 2. The summed E-state index contributed by atoms with van der Waals surface area (Å²) >= 11 is 0. The molecule has 284 valence electrons. The third-order valence-corrected chi connectivity index (χ3v) is 9.76. The lowest BCUT2D eigenvalue weighted by Crippen LogP contribution is -2.09. The van der Waals surface area contributed by atoms with E-state index in [1.165, 1.54) is 25.0 Å². The molecule has 0 saturated heterocycles. The van der Waals surface area contributed by atoms with Crippen LogP contribution in [0.4, 0.5) is 16.0 Å². The molecule has 4 N–H and O–H groups in total. The summed E-state index contributed by atoms with van der Waals surface area (Å²) in [6.07, 6.45) is 5.90. The van der Waals surface area contributed by atoms with Crippen molar-refractivity contribution in [2.24, 2.45) is 0 Å². The van der Waals surface area contributed by atoms with Crippen molar-refractivity contribution in [2.45, 2.75) is 20.0 Å². The average Bonchev–Trinajstić information content (AvgIpc) is 3.84. The molecule has 0 atom stereocenters. The standard InChI is InChI=1S/C22H17N5O2.C21H14FN5O2/c1-13-5-4-6-14(9-13)18-15-7-2-3-8-16(15)22(28)29-17(18)10-27-12-26-19-20(23)24-11-25-21(19)27;22-15-8-4-3-7-14(15)17-12-5-1-2-6-13(12)21(28)29-16(17)9-27-11-26-18-19(23)24-10-25-20(18)27/h2-9,11-12H,10H2,1H3,(H2,23,24,25);1-8,10-11H,9H2,(H2,23,24,25). The van der Waals surface area contributed by atoms with Gasteiger partial charge in [0.1, 0.15) is 41.0 Å². The van der Waals surface area contributed by atoms with Crippen LogP contribution in [-0.2, 0) is 13.1 Å². The monoisotopic (exact) mass is 770 g/mol. The number of hydrogen-bond donors (Lipinski definition) is 2. The molecule has 0 radical (unpaired) electrons. The Bertz CT molecular complexity index is 3320. The Morgan fingerprint density at radius 1 is 0.586 bits per heavy atom. The molecule has 58 heavy (non-hydrogen) atoms. The Balaban J connectivity index is 0.000000150. The summed E-state index contributed by atoms with van der Waals surface area (Å²) in [5.74, 6) is 0.997. The molecule has 0 amide bonds. The fourth-order valence-electron chi connectivity index (χ4n) is 7.13. The van der Waals surface area contributed by atoms with Gasteiger partial charge in [-0.25, -0.2) is 43.9 Å². The van der Waals surface area contributed by atoms with Crippen LogP contribution in [0, 0.1) is 12.7 Å². The highest BCUT2D eigenvalue weighted by Crippen LogP contribution is 2.34. The molecular formula is C43H31FN10O4. The lowest BCUT2D eigenvalue weighted by Gasteiger charge is -2.13. The first-order chi connectivity index (χ1) is 28.2. The van der Waals surface area contributed by atoms with Gasteiger partial charge < -0.3 is 29.4 Å². The number of nitrogens with zero attached hydrogens (tertiary/aromatic N) is 8. The maximum absolute atomic E-state index is 14.7. The molecule has 6 heterocycles. The van der Waals surface area contributed by atoms with Gasteiger partial charge in [0.25, 0.3) is 0 Å². The molecule has 10 aromatic rings. The first-order valence-corrected chi connectivity index (χ1v) is 18.0. The van der Waals surface area contributed by atoms with Crippen molar-refractivity contribution in [3.05, 3.63) is 166 Å². The van der Waals surface area contributed by atoms with Crippen molar-refractivity contribution in [2.75, 3.05) is 11.5 Å². The predicted molar refractivity (Wildman–Crippen MR) is 218 cm³/mol. The smallest absolute Gasteiger partial charge is 0.343 e. The van der Waals surface area contributed by atoms with Gasteiger partial charge in [-0.15, -0.1) is 0 Å². The van der Waals surface area contributed by atoms with Crippen LogP contribution >= 0.6 is 0 Å². The minimum atomic E-state index is -0.491. The quantitative estimate of drug-likeness (QED) is 0.177. The summed E-state index contributed by atoms with van der Waals surface area (Å²) in [6, 6.07) is 29.0. The van der Waals surface area contributed by atoms with Gasteiger partial charge in [-0.1, -0.05) is 84.4 Å². The third-order valence-electron chi connectivity index (χ3n) is 9.76. The summed E-state index contributed by atoms with van der Waals surface area (Å²) in [6.45, 7) is 2.44. The molecule has 0 saturated carbocycles. The van der Waals surface area contributed by atoms with E-state index in [-0.39, 0.29) is 24.5 Å². The van der Waals surface area contributed by atoms with Crippen molar-refractivity contribution in [1.82, 2.24) is 39.0 Å². The second kappa shape index (κ2) is 14.5. The van der Waals surface area contributed by atoms with Crippen LogP contribution in [0.5, 0.6) is 0 Å². The minimum absolute atomic E-state index is 0.122. The van der Waals surface area contributed by atoms with E-state index in [0.717, 1.165) is 22.1 Å². The van der Waals surface area contributed by atoms with E-state index in [0.29, 0.717) is 67.0 Å². The van der Waals surface area contributed by atoms with Crippen molar-refractivity contribution >= 4 is 55.5 Å². The first-order valence-electron chi connectivity index (χ1n) is 18.0. The van der Waals surface area contributed by atoms with Crippen LogP contribution in [0.1, 0.15) is 17.1 Å². The molecular weight excluding hydrogens is 740 g/mol. The molecule has 0 aliphatic carbocycles. The lowest BCUT2D eigenvalue weighted by atomic mass is 9.97. The summed E-state index contributed by atoms with van der Waals surface area (Å²) in [5, 5.41) is 2.40. The second-order valence-electron chi connectivity index (χ2n) is 13.4. The van der Waals surface area contributed by atoms with Crippen molar-refractivity contribution in [1.29, 1.82) is 0 Å². The predicted octanol–water partition coefficient (Wildman–Crippen LogP) is 6.91. The van der Waals surface area contributed by atoms with Crippen LogP contribution in [-0.4, -0.2) is 39.0 Å². The maximum atomic E-state index is 14.7. The zero-order valence-corrected chi connectivity index (χ0v) is 30.7. The van der Waals surface area contributed by atoms with E-state index in [4.69, 9.17) is 20.3 Å². The Morgan fingerprint density at radius 2 is 1.09 bits per heavy atom. The van der Waals surface area contributed by atoms with Gasteiger partial charge in [0.15, 0.2) is 22.9 Å². The molecule has 6 aromatic heterocycles. The normalized spacial score (nSPS) is 11.3. The molecule has 4 aromatic carbocycles. The van der Waals surface area contributed by atoms with Crippen LogP contribution in [0.15, 0.2) is 141 Å². The van der Waals surface area contributed by atoms with E-state index < -0.39 is 11.4 Å². The number of rotatable bonds is 6. The highest BCUT2D eigenvalue weighted by Gasteiger charge is 2.21. The molecule has 0 fully saturated rings. The van der Waals surface area contributed by atoms with Crippen LogP contribution in [0.2, 0.25) is 0 Å². The van der Waals surface area contributed by atoms with Crippen LogP contribution in [0.3, 0.4) is 0 Å². The van der Waals surface area contributed by atoms with Gasteiger partial charge in [0, 0.05) is 27.5 Å². The summed E-state index contributed by atoms with van der Waals surface area (Å²) in [7, 11) is 0. The topological polar surface area (TPSA) is 200 Å². The van der Waals surface area contributed by atoms with Crippen LogP contribution < -0.4 is 22.7 Å². The first kappa shape index (κ1) is 35.6. The number of halogens is 1. The van der Waals surface area contributed by atoms with E-state index in [2.05, 4.69) is 36.0 Å². The Kier molecular flexibility index (Phi) is 8.93. The Hall–Kier alpha value is -8.07. The molecule has 0 unspecified atom stereocenters. The number of anilines is 2. The number of imidazole rings is 2. The third kappa shape index (κ3) is 6.35. The van der Waals surface area contributed by atoms with Gasteiger partial charge in [0.05, 0.1) is 36.5 Å². The zero-order valence-electron chi connectivity index (χ0n) is 30.7. The lowest BCUT2D eigenvalue weighted by molar-refractivity contribution is 0.457. The number of benzene rings is 4. The molecule has 15 heteroatoms. The van der Waals surface area contributed by atoms with Crippen molar-refractivity contribution in [3.8, 4) is 22.3 Å². The summed E-state index contributed by atoms with van der Waals surface area (Å²) in [5.41, 5.74) is 16.8. The van der Waals surface area contributed by atoms with Crippen LogP contribution in [0.25, 0.3) is 66.1 Å². The van der Waals surface area contributed by atoms with Gasteiger partial charge in [-0.2, -0.15) is 0 Å². The summed E-state index contributed by atoms with van der Waals surface area (Å²) < 4.78 is 29.6. The van der Waals surface area contributed by atoms with E-state index >= 15 is 0 Å². The van der Waals surface area contributed by atoms with E-state index in [1.54, 1.807) is 64.0 Å². The SMILES string of the molecule is Cc1cccc(-c2c(Cn3cnc4c(N)ncnc43)oc(=O)c3ccccc23)c1.Nc1ncnc2c1ncn2Cc1oc(=O)c2ccccc2c1-c1ccccc1F. The zero-order chi connectivity index (χ0) is 39.9. The van der Waals surface area contributed by atoms with Gasteiger partial charge in [-0.05, 0) is 30.7 Å². The highest BCUT2D eigenvalue weighted by molar-refractivity contribution is 5.98. The average molecular weight is 771 g/mol. The van der Waals surface area contributed by atoms with E-state index in [1.807, 2.05) is 43.3 Å². The molecule has 0 spiro atoms. The Labute approximate surface area is 326 Å². The largest absolute Gasteiger partial charge is 0.425 e. The number of nitrogen functional groups attached to an aromatic ring is 2. The number of fused-ring (bicyclic) bond motifs is 4. The molecule has 0 aliphatic heterocycles. The molecule has 10 rings (SSSR count). The number of aryl methyl sites for hydroxylation is 1. The minimum Gasteiger partial charge on any atom is -0.425 e. The fourth-order valence-corrected chi connectivity index (χ4v) is 7.13. The molecule has 0 aliphatic rings. The van der Waals surface area contributed by atoms with E-state index in [9.17, 15) is 14.0 Å².